The summed E-state index contributed by atoms with van der Waals surface area (Å²) in [6.07, 6.45) is 2.64. The van der Waals surface area contributed by atoms with Crippen molar-refractivity contribution in [2.45, 2.75) is 31.7 Å². The van der Waals surface area contributed by atoms with Crippen molar-refractivity contribution in [3.8, 4) is 11.5 Å². The van der Waals surface area contributed by atoms with Gasteiger partial charge in [-0.25, -0.2) is 17.9 Å². The van der Waals surface area contributed by atoms with Gasteiger partial charge in [0.05, 0.1) is 21.3 Å². The van der Waals surface area contributed by atoms with Crippen molar-refractivity contribution in [1.29, 1.82) is 0 Å². The van der Waals surface area contributed by atoms with Crippen LogP contribution in [-0.4, -0.2) is 41.8 Å². The second kappa shape index (κ2) is 8.87. The molecule has 1 aromatic rings. The van der Waals surface area contributed by atoms with Gasteiger partial charge in [-0.15, -0.1) is 0 Å². The maximum absolute atomic E-state index is 12.8. The molecule has 0 saturated carbocycles. The number of hydrogen-bond acceptors (Lipinski definition) is 6. The summed E-state index contributed by atoms with van der Waals surface area (Å²) in [4.78, 5) is 11.2. The first kappa shape index (κ1) is 21.0. The molecule has 0 aliphatic carbocycles. The third kappa shape index (κ3) is 5.47. The molecule has 8 heteroatoms. The van der Waals surface area contributed by atoms with E-state index in [4.69, 9.17) is 9.47 Å². The molecule has 0 fully saturated rings. The van der Waals surface area contributed by atoms with Crippen LogP contribution in [0.15, 0.2) is 23.1 Å². The summed E-state index contributed by atoms with van der Waals surface area (Å²) in [5.74, 6) is -0.0934. The standard InChI is InChI=1S/C17H25NO6S/c1-11(2)12(3)18-25(20,21)15-10-13(7-8-16(19)23-5)9-14(22-4)17(15)24-6/h7-12,18H,1-6H3/b8-7+/t12-/m1/s1. The predicted octanol–water partition coefficient (Wildman–Crippen LogP) is 2.21. The molecule has 1 N–H and O–H groups in total. The van der Waals surface area contributed by atoms with E-state index in [0.29, 0.717) is 5.56 Å². The lowest BCUT2D eigenvalue weighted by atomic mass is 10.1. The van der Waals surface area contributed by atoms with E-state index in [-0.39, 0.29) is 28.4 Å². The fraction of sp³-hybridized carbons (Fsp3) is 0.471. The molecule has 7 nitrogen and oxygen atoms in total. The van der Waals surface area contributed by atoms with E-state index < -0.39 is 16.0 Å². The van der Waals surface area contributed by atoms with Gasteiger partial charge in [0.1, 0.15) is 4.90 Å². The molecule has 1 aromatic carbocycles. The van der Waals surface area contributed by atoms with Crippen LogP contribution in [0.5, 0.6) is 11.5 Å². The Morgan fingerprint density at radius 1 is 1.12 bits per heavy atom. The minimum Gasteiger partial charge on any atom is -0.493 e. The Balaban J connectivity index is 3.45. The molecule has 0 saturated heterocycles. The number of carbonyl (C=O) groups is 1. The van der Waals surface area contributed by atoms with E-state index in [2.05, 4.69) is 9.46 Å². The van der Waals surface area contributed by atoms with Gasteiger partial charge in [0.2, 0.25) is 10.0 Å². The average molecular weight is 371 g/mol. The van der Waals surface area contributed by atoms with Gasteiger partial charge in [-0.3, -0.25) is 0 Å². The van der Waals surface area contributed by atoms with Crippen LogP contribution in [0.3, 0.4) is 0 Å². The normalized spacial score (nSPS) is 13.1. The van der Waals surface area contributed by atoms with E-state index in [1.54, 1.807) is 13.0 Å². The van der Waals surface area contributed by atoms with Crippen LogP contribution in [0.1, 0.15) is 26.3 Å². The summed E-state index contributed by atoms with van der Waals surface area (Å²) in [5.41, 5.74) is 0.459. The predicted molar refractivity (Wildman–Crippen MR) is 95.2 cm³/mol. The molecule has 0 aliphatic rings. The highest BCUT2D eigenvalue weighted by Crippen LogP contribution is 2.36. The van der Waals surface area contributed by atoms with Crippen LogP contribution < -0.4 is 14.2 Å². The maximum atomic E-state index is 12.8. The number of methoxy groups -OCH3 is 3. The summed E-state index contributed by atoms with van der Waals surface area (Å²) in [6.45, 7) is 5.62. The molecule has 25 heavy (non-hydrogen) atoms. The fourth-order valence-electron chi connectivity index (χ4n) is 1.92. The summed E-state index contributed by atoms with van der Waals surface area (Å²) in [5, 5.41) is 0. The SMILES string of the molecule is COC(=O)/C=C/c1cc(OC)c(OC)c(S(=O)(=O)N[C@H](C)C(C)C)c1. The Kier molecular flexibility index (Phi) is 7.44. The van der Waals surface area contributed by atoms with Crippen molar-refractivity contribution in [1.82, 2.24) is 4.72 Å². The molecule has 1 atom stereocenters. The number of nitrogens with one attached hydrogen (secondary N) is 1. The van der Waals surface area contributed by atoms with Gasteiger partial charge in [0.25, 0.3) is 0 Å². The zero-order chi connectivity index (χ0) is 19.2. The molecule has 0 aliphatic heterocycles. The van der Waals surface area contributed by atoms with Crippen LogP contribution in [0.25, 0.3) is 6.08 Å². The zero-order valence-electron chi connectivity index (χ0n) is 15.3. The molecule has 0 amide bonds. The Labute approximate surface area is 149 Å². The van der Waals surface area contributed by atoms with Gasteiger partial charge in [0, 0.05) is 12.1 Å². The number of hydrogen-bond donors (Lipinski definition) is 1. The van der Waals surface area contributed by atoms with E-state index in [1.807, 2.05) is 13.8 Å². The average Bonchev–Trinajstić information content (AvgIpc) is 2.57. The van der Waals surface area contributed by atoms with Gasteiger partial charge >= 0.3 is 5.97 Å². The molecule has 0 unspecified atom stereocenters. The smallest absolute Gasteiger partial charge is 0.330 e. The van der Waals surface area contributed by atoms with Gasteiger partial charge in [0.15, 0.2) is 11.5 Å². The molecule has 0 bridgehead atoms. The van der Waals surface area contributed by atoms with E-state index >= 15 is 0 Å². The number of rotatable bonds is 8. The highest BCUT2D eigenvalue weighted by molar-refractivity contribution is 7.89. The van der Waals surface area contributed by atoms with Crippen molar-refractivity contribution in [2.24, 2.45) is 5.92 Å². The maximum Gasteiger partial charge on any atom is 0.330 e. The first-order valence-corrected chi connectivity index (χ1v) is 9.19. The van der Waals surface area contributed by atoms with Gasteiger partial charge in [-0.05, 0) is 36.6 Å². The minimum absolute atomic E-state index is 0.0636. The van der Waals surface area contributed by atoms with E-state index in [1.165, 1.54) is 39.5 Å². The van der Waals surface area contributed by atoms with Crippen molar-refractivity contribution in [3.05, 3.63) is 23.8 Å². The van der Waals surface area contributed by atoms with Crippen molar-refractivity contribution >= 4 is 22.1 Å². The van der Waals surface area contributed by atoms with Crippen LogP contribution >= 0.6 is 0 Å². The summed E-state index contributed by atoms with van der Waals surface area (Å²) < 4.78 is 43.2. The van der Waals surface area contributed by atoms with Crippen LogP contribution in [0.4, 0.5) is 0 Å². The van der Waals surface area contributed by atoms with Crippen LogP contribution in [0.2, 0.25) is 0 Å². The third-order valence-corrected chi connectivity index (χ3v) is 5.28. The molecular formula is C17H25NO6S. The summed E-state index contributed by atoms with van der Waals surface area (Å²) >= 11 is 0. The number of sulfonamides is 1. The third-order valence-electron chi connectivity index (χ3n) is 3.71. The lowest BCUT2D eigenvalue weighted by Crippen LogP contribution is -2.36. The molecule has 0 radical (unpaired) electrons. The minimum atomic E-state index is -3.85. The first-order chi connectivity index (χ1) is 11.7. The first-order valence-electron chi connectivity index (χ1n) is 7.70. The molecular weight excluding hydrogens is 346 g/mol. The molecule has 0 spiro atoms. The number of carbonyl (C=O) groups excluding carboxylic acids is 1. The Hall–Kier alpha value is -2.06. The fourth-order valence-corrected chi connectivity index (χ4v) is 3.53. The van der Waals surface area contributed by atoms with Crippen molar-refractivity contribution in [3.63, 3.8) is 0 Å². The lowest BCUT2D eigenvalue weighted by Gasteiger charge is -2.20. The number of esters is 1. The second-order valence-electron chi connectivity index (χ2n) is 5.77. The molecule has 1 rings (SSSR count). The van der Waals surface area contributed by atoms with Gasteiger partial charge < -0.3 is 14.2 Å². The van der Waals surface area contributed by atoms with Gasteiger partial charge in [-0.1, -0.05) is 13.8 Å². The van der Waals surface area contributed by atoms with E-state index in [9.17, 15) is 13.2 Å². The lowest BCUT2D eigenvalue weighted by molar-refractivity contribution is -0.134. The summed E-state index contributed by atoms with van der Waals surface area (Å²) in [7, 11) is 0.183. The monoisotopic (exact) mass is 371 g/mol. The van der Waals surface area contributed by atoms with Crippen molar-refractivity contribution < 1.29 is 27.4 Å². The van der Waals surface area contributed by atoms with Gasteiger partial charge in [-0.2, -0.15) is 0 Å². The Morgan fingerprint density at radius 2 is 1.76 bits per heavy atom. The number of ether oxygens (including phenoxy) is 3. The number of benzene rings is 1. The largest absolute Gasteiger partial charge is 0.493 e. The highest BCUT2D eigenvalue weighted by Gasteiger charge is 2.26. The van der Waals surface area contributed by atoms with Crippen molar-refractivity contribution in [2.75, 3.05) is 21.3 Å². The van der Waals surface area contributed by atoms with Crippen LogP contribution in [0, 0.1) is 5.92 Å². The molecule has 0 heterocycles. The molecule has 0 aromatic heterocycles. The zero-order valence-corrected chi connectivity index (χ0v) is 16.1. The Bertz CT molecular complexity index is 740. The van der Waals surface area contributed by atoms with Crippen LogP contribution in [-0.2, 0) is 19.6 Å². The highest BCUT2D eigenvalue weighted by atomic mass is 32.2. The topological polar surface area (TPSA) is 90.9 Å². The van der Waals surface area contributed by atoms with E-state index in [0.717, 1.165) is 0 Å². The summed E-state index contributed by atoms with van der Waals surface area (Å²) in [6, 6.07) is 2.72. The molecule has 140 valence electrons. The second-order valence-corrected chi connectivity index (χ2v) is 7.45. The quantitative estimate of drug-likeness (QED) is 0.556. The Morgan fingerprint density at radius 3 is 2.24 bits per heavy atom.